The van der Waals surface area contributed by atoms with Crippen molar-refractivity contribution in [3.63, 3.8) is 0 Å². The lowest BCUT2D eigenvalue weighted by Gasteiger charge is -2.06. The van der Waals surface area contributed by atoms with Crippen LogP contribution in [0.2, 0.25) is 0 Å². The number of benzene rings is 1. The van der Waals surface area contributed by atoms with Gasteiger partial charge in [0.25, 0.3) is 0 Å². The van der Waals surface area contributed by atoms with E-state index in [9.17, 15) is 4.79 Å². The Kier molecular flexibility index (Phi) is 4.07. The number of nitrogen functional groups attached to an aromatic ring is 1. The van der Waals surface area contributed by atoms with E-state index in [-0.39, 0.29) is 11.7 Å². The summed E-state index contributed by atoms with van der Waals surface area (Å²) in [6.45, 7) is 3.76. The van der Waals surface area contributed by atoms with Crippen LogP contribution < -0.4 is 5.73 Å². The lowest BCUT2D eigenvalue weighted by atomic mass is 9.98. The van der Waals surface area contributed by atoms with Crippen molar-refractivity contribution in [1.29, 1.82) is 5.26 Å². The summed E-state index contributed by atoms with van der Waals surface area (Å²) in [5.41, 5.74) is 7.75. The number of ketones is 1. The van der Waals surface area contributed by atoms with Gasteiger partial charge in [0.05, 0.1) is 11.6 Å². The smallest absolute Gasteiger partial charge is 0.135 e. The molecule has 0 saturated heterocycles. The predicted octanol–water partition coefficient (Wildman–Crippen LogP) is 2.30. The first-order valence-corrected chi connectivity index (χ1v) is 5.35. The second-order valence-corrected chi connectivity index (χ2v) is 4.15. The van der Waals surface area contributed by atoms with Crippen molar-refractivity contribution >= 4 is 11.5 Å². The van der Waals surface area contributed by atoms with Gasteiger partial charge in [0.2, 0.25) is 0 Å². The Labute approximate surface area is 95.9 Å². The van der Waals surface area contributed by atoms with E-state index in [2.05, 4.69) is 6.07 Å². The minimum absolute atomic E-state index is 0.0478. The Morgan fingerprint density at radius 3 is 2.75 bits per heavy atom. The first-order chi connectivity index (χ1) is 7.54. The van der Waals surface area contributed by atoms with Gasteiger partial charge in [-0.3, -0.25) is 4.79 Å². The highest BCUT2D eigenvalue weighted by Crippen LogP contribution is 2.15. The molecular weight excluding hydrogens is 200 g/mol. The van der Waals surface area contributed by atoms with Gasteiger partial charge in [-0.1, -0.05) is 13.8 Å². The number of carbonyl (C=O) groups excluding carboxylic acids is 1. The summed E-state index contributed by atoms with van der Waals surface area (Å²) in [4.78, 5) is 11.5. The zero-order valence-corrected chi connectivity index (χ0v) is 9.66. The standard InChI is InChI=1S/C13H16N2O/c1-9(2)13(16)6-4-10-7-12(15)5-3-11(10)8-14/h3,5,7,9H,4,6,15H2,1-2H3. The quantitative estimate of drug-likeness (QED) is 0.785. The number of hydrogen-bond donors (Lipinski definition) is 1. The molecule has 0 aliphatic rings. The molecule has 84 valence electrons. The number of aryl methyl sites for hydroxylation is 1. The number of nitrogens with zero attached hydrogens (tertiary/aromatic N) is 1. The second kappa shape index (κ2) is 5.32. The summed E-state index contributed by atoms with van der Waals surface area (Å²) < 4.78 is 0. The molecule has 0 aliphatic heterocycles. The Morgan fingerprint density at radius 1 is 1.50 bits per heavy atom. The number of carbonyl (C=O) groups is 1. The van der Waals surface area contributed by atoms with Gasteiger partial charge in [-0.15, -0.1) is 0 Å². The zero-order valence-electron chi connectivity index (χ0n) is 9.66. The molecule has 3 heteroatoms. The van der Waals surface area contributed by atoms with E-state index in [1.165, 1.54) is 0 Å². The number of rotatable bonds is 4. The Bertz CT molecular complexity index is 430. The van der Waals surface area contributed by atoms with Crippen LogP contribution >= 0.6 is 0 Å². The van der Waals surface area contributed by atoms with Crippen molar-refractivity contribution < 1.29 is 4.79 Å². The maximum atomic E-state index is 11.5. The zero-order chi connectivity index (χ0) is 12.1. The van der Waals surface area contributed by atoms with Crippen molar-refractivity contribution in [2.75, 3.05) is 5.73 Å². The monoisotopic (exact) mass is 216 g/mol. The third-order valence-electron chi connectivity index (χ3n) is 2.53. The summed E-state index contributed by atoms with van der Waals surface area (Å²) in [6.07, 6.45) is 1.06. The molecule has 0 saturated carbocycles. The molecule has 0 aliphatic carbocycles. The fourth-order valence-electron chi connectivity index (χ4n) is 1.48. The Morgan fingerprint density at radius 2 is 2.19 bits per heavy atom. The van der Waals surface area contributed by atoms with Crippen LogP contribution in [0.3, 0.4) is 0 Å². The Balaban J connectivity index is 2.77. The van der Waals surface area contributed by atoms with Crippen molar-refractivity contribution in [3.05, 3.63) is 29.3 Å². The van der Waals surface area contributed by atoms with Crippen molar-refractivity contribution in [1.82, 2.24) is 0 Å². The number of hydrogen-bond acceptors (Lipinski definition) is 3. The molecule has 0 amide bonds. The topological polar surface area (TPSA) is 66.9 Å². The number of Topliss-reactive ketones (excluding diaryl/α,β-unsaturated/α-hetero) is 1. The third-order valence-corrected chi connectivity index (χ3v) is 2.53. The highest BCUT2D eigenvalue weighted by atomic mass is 16.1. The number of nitriles is 1. The third kappa shape index (κ3) is 3.09. The molecule has 2 N–H and O–H groups in total. The summed E-state index contributed by atoms with van der Waals surface area (Å²) >= 11 is 0. The molecule has 0 heterocycles. The van der Waals surface area contributed by atoms with E-state index in [1.54, 1.807) is 18.2 Å². The fraction of sp³-hybridized carbons (Fsp3) is 0.385. The number of anilines is 1. The normalized spacial score (nSPS) is 10.1. The first-order valence-electron chi connectivity index (χ1n) is 5.35. The molecule has 1 aromatic rings. The van der Waals surface area contributed by atoms with Gasteiger partial charge in [-0.05, 0) is 30.2 Å². The summed E-state index contributed by atoms with van der Waals surface area (Å²) in [5.74, 6) is 0.262. The molecule has 3 nitrogen and oxygen atoms in total. The van der Waals surface area contributed by atoms with Crippen LogP contribution in [0.5, 0.6) is 0 Å². The van der Waals surface area contributed by atoms with Crippen molar-refractivity contribution in [2.24, 2.45) is 5.92 Å². The van der Waals surface area contributed by atoms with Crippen LogP contribution in [0.15, 0.2) is 18.2 Å². The van der Waals surface area contributed by atoms with Crippen molar-refractivity contribution in [2.45, 2.75) is 26.7 Å². The molecule has 0 atom stereocenters. The molecule has 16 heavy (non-hydrogen) atoms. The lowest BCUT2D eigenvalue weighted by molar-refractivity contribution is -0.121. The molecular formula is C13H16N2O. The minimum Gasteiger partial charge on any atom is -0.399 e. The van der Waals surface area contributed by atoms with E-state index in [1.807, 2.05) is 13.8 Å². The lowest BCUT2D eigenvalue weighted by Crippen LogP contribution is -2.08. The first kappa shape index (κ1) is 12.3. The van der Waals surface area contributed by atoms with E-state index in [0.29, 0.717) is 24.1 Å². The van der Waals surface area contributed by atoms with Crippen LogP contribution in [0.25, 0.3) is 0 Å². The second-order valence-electron chi connectivity index (χ2n) is 4.15. The fourth-order valence-corrected chi connectivity index (χ4v) is 1.48. The average Bonchev–Trinajstić information content (AvgIpc) is 2.25. The van der Waals surface area contributed by atoms with Gasteiger partial charge in [-0.25, -0.2) is 0 Å². The van der Waals surface area contributed by atoms with Crippen LogP contribution in [-0.2, 0) is 11.2 Å². The van der Waals surface area contributed by atoms with Gasteiger partial charge < -0.3 is 5.73 Å². The number of nitrogens with two attached hydrogens (primary N) is 1. The average molecular weight is 216 g/mol. The highest BCUT2D eigenvalue weighted by Gasteiger charge is 2.09. The predicted molar refractivity (Wildman–Crippen MR) is 63.7 cm³/mol. The van der Waals surface area contributed by atoms with E-state index in [0.717, 1.165) is 5.56 Å². The Hall–Kier alpha value is -1.82. The molecule has 1 rings (SSSR count). The summed E-state index contributed by atoms with van der Waals surface area (Å²) in [6, 6.07) is 7.28. The van der Waals surface area contributed by atoms with Gasteiger partial charge in [0.1, 0.15) is 5.78 Å². The highest BCUT2D eigenvalue weighted by molar-refractivity contribution is 5.80. The molecule has 1 aromatic carbocycles. The van der Waals surface area contributed by atoms with Crippen LogP contribution in [0, 0.1) is 17.2 Å². The molecule has 0 unspecified atom stereocenters. The van der Waals surface area contributed by atoms with Gasteiger partial charge in [0, 0.05) is 18.0 Å². The van der Waals surface area contributed by atoms with Crippen LogP contribution in [0.4, 0.5) is 5.69 Å². The van der Waals surface area contributed by atoms with E-state index in [4.69, 9.17) is 11.0 Å². The van der Waals surface area contributed by atoms with Gasteiger partial charge >= 0.3 is 0 Å². The van der Waals surface area contributed by atoms with Crippen LogP contribution in [-0.4, -0.2) is 5.78 Å². The maximum absolute atomic E-state index is 11.5. The summed E-state index contributed by atoms with van der Waals surface area (Å²) in [7, 11) is 0. The molecule has 0 radical (unpaired) electrons. The van der Waals surface area contributed by atoms with Gasteiger partial charge in [0.15, 0.2) is 0 Å². The minimum atomic E-state index is 0.0478. The van der Waals surface area contributed by atoms with E-state index < -0.39 is 0 Å². The maximum Gasteiger partial charge on any atom is 0.135 e. The van der Waals surface area contributed by atoms with Crippen molar-refractivity contribution in [3.8, 4) is 6.07 Å². The molecule has 0 fully saturated rings. The molecule has 0 aromatic heterocycles. The molecule has 0 spiro atoms. The van der Waals surface area contributed by atoms with Gasteiger partial charge in [-0.2, -0.15) is 5.26 Å². The van der Waals surface area contributed by atoms with Crippen LogP contribution in [0.1, 0.15) is 31.4 Å². The summed E-state index contributed by atoms with van der Waals surface area (Å²) in [5, 5.41) is 8.91. The van der Waals surface area contributed by atoms with E-state index >= 15 is 0 Å². The molecule has 0 bridgehead atoms. The largest absolute Gasteiger partial charge is 0.399 e. The SMILES string of the molecule is CC(C)C(=O)CCc1cc(N)ccc1C#N.